The van der Waals surface area contributed by atoms with Gasteiger partial charge in [0.15, 0.2) is 0 Å². The molecule has 0 radical (unpaired) electrons. The molecule has 32 heavy (non-hydrogen) atoms. The number of aromatic hydroxyl groups is 1. The number of rotatable bonds is 5. The van der Waals surface area contributed by atoms with Gasteiger partial charge in [-0.2, -0.15) is 23.5 Å². The highest BCUT2D eigenvalue weighted by molar-refractivity contribution is 6.02. The second-order valence-electron chi connectivity index (χ2n) is 6.73. The number of nitrogens with zero attached hydrogens (tertiary/aromatic N) is 2. The summed E-state index contributed by atoms with van der Waals surface area (Å²) in [4.78, 5) is 12.2. The Bertz CT molecular complexity index is 1150. The van der Waals surface area contributed by atoms with Crippen molar-refractivity contribution in [3.8, 4) is 11.8 Å². The summed E-state index contributed by atoms with van der Waals surface area (Å²) in [6.45, 7) is 0. The van der Waals surface area contributed by atoms with Gasteiger partial charge in [0.25, 0.3) is 0 Å². The van der Waals surface area contributed by atoms with Crippen LogP contribution in [0.25, 0.3) is 0 Å². The van der Waals surface area contributed by atoms with E-state index in [1.54, 1.807) is 24.3 Å². The Morgan fingerprint density at radius 3 is 2.16 bits per heavy atom. The van der Waals surface area contributed by atoms with Gasteiger partial charge in [0.2, 0.25) is 0 Å². The summed E-state index contributed by atoms with van der Waals surface area (Å²) in [7, 11) is 0. The van der Waals surface area contributed by atoms with Gasteiger partial charge in [0.1, 0.15) is 5.75 Å². The zero-order chi connectivity index (χ0) is 23.1. The third-order valence-electron chi connectivity index (χ3n) is 4.42. The molecule has 0 saturated carbocycles. The maximum atomic E-state index is 12.9. The van der Waals surface area contributed by atoms with Crippen molar-refractivity contribution in [2.45, 2.75) is 12.6 Å². The summed E-state index contributed by atoms with van der Waals surface area (Å²) in [6.07, 6.45) is -4.26. The predicted octanol–water partition coefficient (Wildman–Crippen LogP) is 5.05. The summed E-state index contributed by atoms with van der Waals surface area (Å²) in [5.41, 5.74) is 3.89. The lowest BCUT2D eigenvalue weighted by Gasteiger charge is -2.11. The van der Waals surface area contributed by atoms with Crippen LogP contribution in [0.3, 0.4) is 0 Å². The molecule has 0 bridgehead atoms. The topological polar surface area (TPSA) is 97.5 Å². The number of benzene rings is 3. The minimum atomic E-state index is -4.47. The fourth-order valence-electron chi connectivity index (χ4n) is 2.77. The van der Waals surface area contributed by atoms with Crippen molar-refractivity contribution in [3.05, 3.63) is 95.1 Å². The third kappa shape index (κ3) is 6.09. The van der Waals surface area contributed by atoms with E-state index < -0.39 is 17.8 Å². The van der Waals surface area contributed by atoms with Crippen LogP contribution >= 0.6 is 0 Å². The van der Waals surface area contributed by atoms with Crippen LogP contribution in [0.1, 0.15) is 22.3 Å². The van der Waals surface area contributed by atoms with Gasteiger partial charge >= 0.3 is 12.2 Å². The number of nitriles is 1. The molecule has 0 fully saturated rings. The molecule has 0 aromatic heterocycles. The minimum Gasteiger partial charge on any atom is -0.508 e. The van der Waals surface area contributed by atoms with E-state index in [1.807, 2.05) is 6.07 Å². The van der Waals surface area contributed by atoms with E-state index in [0.717, 1.165) is 17.7 Å². The van der Waals surface area contributed by atoms with Gasteiger partial charge in [-0.05, 0) is 59.7 Å². The first kappa shape index (κ1) is 22.4. The molecule has 0 aliphatic carbocycles. The number of carbonyl (C=O) groups excluding carboxylic acids is 1. The highest BCUT2D eigenvalue weighted by atomic mass is 19.4. The Kier molecular flexibility index (Phi) is 6.75. The monoisotopic (exact) mass is 438 g/mol. The SMILES string of the molecule is N#Cc1ccc(CC(=NNC(=O)Nc2ccc(O)cc2)c2ccc(C(F)(F)F)cc2)cc1. The first-order chi connectivity index (χ1) is 15.2. The molecule has 2 amide bonds. The number of phenols is 1. The van der Waals surface area contributed by atoms with Crippen LogP contribution in [-0.4, -0.2) is 16.8 Å². The van der Waals surface area contributed by atoms with Crippen LogP contribution in [0.2, 0.25) is 0 Å². The number of carbonyl (C=O) groups is 1. The standard InChI is InChI=1S/C23H17F3N4O2/c24-23(25,26)18-7-5-17(6-8-18)21(13-15-1-3-16(14-27)4-2-15)29-30-22(32)28-19-9-11-20(31)12-10-19/h1-12,31H,13H2,(H2,28,30,32). The van der Waals surface area contributed by atoms with Crippen LogP contribution in [0.5, 0.6) is 5.75 Å². The van der Waals surface area contributed by atoms with Gasteiger partial charge < -0.3 is 10.4 Å². The molecule has 162 valence electrons. The van der Waals surface area contributed by atoms with Crippen LogP contribution < -0.4 is 10.7 Å². The average Bonchev–Trinajstić information content (AvgIpc) is 2.78. The smallest absolute Gasteiger partial charge is 0.416 e. The molecule has 3 aromatic carbocycles. The molecule has 9 heteroatoms. The Hall–Kier alpha value is -4.32. The maximum Gasteiger partial charge on any atom is 0.416 e. The van der Waals surface area contributed by atoms with Crippen LogP contribution in [-0.2, 0) is 12.6 Å². The van der Waals surface area contributed by atoms with Crippen molar-refractivity contribution in [2.75, 3.05) is 5.32 Å². The molecule has 0 atom stereocenters. The van der Waals surface area contributed by atoms with Gasteiger partial charge in [-0.3, -0.25) is 0 Å². The zero-order valence-electron chi connectivity index (χ0n) is 16.5. The molecule has 0 saturated heterocycles. The number of anilines is 1. The summed E-state index contributed by atoms with van der Waals surface area (Å²) in [5.74, 6) is 0.0426. The molecule has 3 aromatic rings. The molecule has 0 heterocycles. The van der Waals surface area contributed by atoms with Crippen LogP contribution in [0.4, 0.5) is 23.7 Å². The van der Waals surface area contributed by atoms with Gasteiger partial charge in [0.05, 0.1) is 22.9 Å². The molecule has 0 spiro atoms. The van der Waals surface area contributed by atoms with Crippen molar-refractivity contribution in [2.24, 2.45) is 5.10 Å². The summed E-state index contributed by atoms with van der Waals surface area (Å²) in [5, 5.41) is 24.9. The quantitative estimate of drug-likeness (QED) is 0.295. The largest absolute Gasteiger partial charge is 0.508 e. The van der Waals surface area contributed by atoms with Crippen LogP contribution in [0.15, 0.2) is 77.9 Å². The van der Waals surface area contributed by atoms with Gasteiger partial charge in [-0.25, -0.2) is 10.2 Å². The van der Waals surface area contributed by atoms with E-state index in [4.69, 9.17) is 5.26 Å². The highest BCUT2D eigenvalue weighted by Gasteiger charge is 2.30. The average molecular weight is 438 g/mol. The lowest BCUT2D eigenvalue weighted by molar-refractivity contribution is -0.137. The normalized spacial score (nSPS) is 11.5. The Morgan fingerprint density at radius 1 is 0.969 bits per heavy atom. The lowest BCUT2D eigenvalue weighted by atomic mass is 10.0. The lowest BCUT2D eigenvalue weighted by Crippen LogP contribution is -2.26. The highest BCUT2D eigenvalue weighted by Crippen LogP contribution is 2.29. The number of amides is 2. The first-order valence-corrected chi connectivity index (χ1v) is 9.34. The molecule has 0 aliphatic rings. The second-order valence-corrected chi connectivity index (χ2v) is 6.73. The second kappa shape index (κ2) is 9.66. The van der Waals surface area contributed by atoms with Crippen LogP contribution in [0, 0.1) is 11.3 Å². The van der Waals surface area contributed by atoms with Crippen molar-refractivity contribution >= 4 is 17.4 Å². The van der Waals surface area contributed by atoms with Gasteiger partial charge in [-0.1, -0.05) is 24.3 Å². The van der Waals surface area contributed by atoms with E-state index in [1.165, 1.54) is 36.4 Å². The Labute approximate surface area is 181 Å². The number of urea groups is 1. The van der Waals surface area contributed by atoms with E-state index in [2.05, 4.69) is 15.8 Å². The zero-order valence-corrected chi connectivity index (χ0v) is 16.5. The minimum absolute atomic E-state index is 0.0426. The van der Waals surface area contributed by atoms with Crippen molar-refractivity contribution < 1.29 is 23.1 Å². The third-order valence-corrected chi connectivity index (χ3v) is 4.42. The molecule has 0 aliphatic heterocycles. The number of hydrogen-bond acceptors (Lipinski definition) is 4. The summed E-state index contributed by atoms with van der Waals surface area (Å²) >= 11 is 0. The predicted molar refractivity (Wildman–Crippen MR) is 113 cm³/mol. The molecular formula is C23H17F3N4O2. The van der Waals surface area contributed by atoms with E-state index in [0.29, 0.717) is 22.5 Å². The van der Waals surface area contributed by atoms with Gasteiger partial charge in [-0.15, -0.1) is 0 Å². The van der Waals surface area contributed by atoms with E-state index in [9.17, 15) is 23.1 Å². The number of hydrazone groups is 1. The number of hydrogen-bond donors (Lipinski definition) is 3. The van der Waals surface area contributed by atoms with Gasteiger partial charge in [0, 0.05) is 12.1 Å². The van der Waals surface area contributed by atoms with E-state index in [-0.39, 0.29) is 12.2 Å². The van der Waals surface area contributed by atoms with Crippen molar-refractivity contribution in [3.63, 3.8) is 0 Å². The Morgan fingerprint density at radius 2 is 1.59 bits per heavy atom. The molecular weight excluding hydrogens is 421 g/mol. The fourth-order valence-corrected chi connectivity index (χ4v) is 2.77. The number of nitrogens with one attached hydrogen (secondary N) is 2. The summed E-state index contributed by atoms with van der Waals surface area (Å²) in [6, 6.07) is 18.2. The summed E-state index contributed by atoms with van der Waals surface area (Å²) < 4.78 is 38.7. The number of phenolic OH excluding ortho intramolecular Hbond substituents is 1. The first-order valence-electron chi connectivity index (χ1n) is 9.34. The number of alkyl halides is 3. The molecule has 6 nitrogen and oxygen atoms in total. The fraction of sp³-hybridized carbons (Fsp3) is 0.0870. The molecule has 0 unspecified atom stereocenters. The van der Waals surface area contributed by atoms with Crippen molar-refractivity contribution in [1.29, 1.82) is 5.26 Å². The maximum absolute atomic E-state index is 12.9. The van der Waals surface area contributed by atoms with E-state index >= 15 is 0 Å². The molecule has 3 rings (SSSR count). The number of halogens is 3. The Balaban J connectivity index is 1.82. The van der Waals surface area contributed by atoms with Crippen molar-refractivity contribution in [1.82, 2.24) is 5.43 Å². The molecule has 3 N–H and O–H groups in total.